The van der Waals surface area contributed by atoms with E-state index in [0.717, 1.165) is 36.8 Å². The van der Waals surface area contributed by atoms with Gasteiger partial charge >= 0.3 is 5.97 Å². The van der Waals surface area contributed by atoms with Gasteiger partial charge in [0.25, 0.3) is 0 Å². The van der Waals surface area contributed by atoms with E-state index in [9.17, 15) is 14.3 Å². The minimum absolute atomic E-state index is 0.261. The van der Waals surface area contributed by atoms with E-state index in [1.165, 1.54) is 12.1 Å². The molecule has 19 heavy (non-hydrogen) atoms. The first-order chi connectivity index (χ1) is 8.93. The maximum Gasteiger partial charge on any atom is 0.309 e. The average molecular weight is 264 g/mol. The van der Waals surface area contributed by atoms with Crippen LogP contribution in [0.4, 0.5) is 4.39 Å². The van der Waals surface area contributed by atoms with E-state index in [1.807, 2.05) is 6.92 Å². The molecule has 0 bridgehead atoms. The largest absolute Gasteiger partial charge is 0.481 e. The predicted octanol–water partition coefficient (Wildman–Crippen LogP) is 3.96. The molecule has 0 amide bonds. The summed E-state index contributed by atoms with van der Waals surface area (Å²) in [6.07, 6.45) is 4.03. The minimum atomic E-state index is -0.706. The summed E-state index contributed by atoms with van der Waals surface area (Å²) in [5, 5.41) is 9.64. The maximum atomic E-state index is 13.1. The quantitative estimate of drug-likeness (QED) is 0.897. The number of aryl methyl sites for hydroxylation is 1. The van der Waals surface area contributed by atoms with Crippen LogP contribution >= 0.6 is 0 Å². The molecule has 104 valence electrons. The lowest BCUT2D eigenvalue weighted by molar-refractivity contribution is -0.152. The summed E-state index contributed by atoms with van der Waals surface area (Å²) in [5.41, 5.74) is 1.14. The fourth-order valence-corrected chi connectivity index (χ4v) is 3.31. The fourth-order valence-electron chi connectivity index (χ4n) is 3.31. The highest BCUT2D eigenvalue weighted by Crippen LogP contribution is 2.42. The van der Waals surface area contributed by atoms with Crippen molar-refractivity contribution in [2.24, 2.45) is 11.3 Å². The molecule has 1 fully saturated rings. The number of hydrogen-bond acceptors (Lipinski definition) is 1. The zero-order valence-corrected chi connectivity index (χ0v) is 11.6. The normalized spacial score (nSPS) is 27.2. The van der Waals surface area contributed by atoms with E-state index in [-0.39, 0.29) is 5.82 Å². The minimum Gasteiger partial charge on any atom is -0.481 e. The Labute approximate surface area is 113 Å². The first kappa shape index (κ1) is 14.0. The van der Waals surface area contributed by atoms with Crippen molar-refractivity contribution in [2.75, 3.05) is 0 Å². The Morgan fingerprint density at radius 1 is 1.53 bits per heavy atom. The summed E-state index contributed by atoms with van der Waals surface area (Å²) in [5.74, 6) is -0.518. The number of carboxylic acid groups (broad SMARTS) is 1. The van der Waals surface area contributed by atoms with Crippen molar-refractivity contribution in [2.45, 2.75) is 46.0 Å². The molecule has 3 heteroatoms. The van der Waals surface area contributed by atoms with Gasteiger partial charge in [-0.3, -0.25) is 4.79 Å². The summed E-state index contributed by atoms with van der Waals surface area (Å²) in [4.78, 5) is 11.7. The predicted molar refractivity (Wildman–Crippen MR) is 72.5 cm³/mol. The number of rotatable bonds is 3. The van der Waals surface area contributed by atoms with Crippen molar-refractivity contribution in [3.05, 3.63) is 35.1 Å². The molecular formula is C16H21FO2. The Morgan fingerprint density at radius 2 is 2.26 bits per heavy atom. The van der Waals surface area contributed by atoms with Gasteiger partial charge in [0.05, 0.1) is 5.41 Å². The van der Waals surface area contributed by atoms with Gasteiger partial charge < -0.3 is 5.11 Å². The second kappa shape index (κ2) is 5.32. The molecule has 0 heterocycles. The van der Waals surface area contributed by atoms with Gasteiger partial charge in [-0.15, -0.1) is 0 Å². The van der Waals surface area contributed by atoms with Gasteiger partial charge in [-0.1, -0.05) is 25.8 Å². The Morgan fingerprint density at radius 3 is 2.84 bits per heavy atom. The van der Waals surface area contributed by atoms with Crippen LogP contribution in [0.25, 0.3) is 0 Å². The lowest BCUT2D eigenvalue weighted by atomic mass is 9.67. The van der Waals surface area contributed by atoms with Gasteiger partial charge in [0.2, 0.25) is 0 Å². The maximum absolute atomic E-state index is 13.1. The summed E-state index contributed by atoms with van der Waals surface area (Å²) < 4.78 is 13.1. The number of carboxylic acids is 1. The van der Waals surface area contributed by atoms with Crippen LogP contribution in [-0.4, -0.2) is 11.1 Å². The molecule has 1 aromatic rings. The van der Waals surface area contributed by atoms with E-state index in [4.69, 9.17) is 0 Å². The molecule has 0 aromatic heterocycles. The third-order valence-corrected chi connectivity index (χ3v) is 4.38. The Bertz CT molecular complexity index is 484. The number of benzene rings is 1. The van der Waals surface area contributed by atoms with Gasteiger partial charge in [0.15, 0.2) is 0 Å². The number of carbonyl (C=O) groups is 1. The molecular weight excluding hydrogens is 243 g/mol. The molecule has 1 N–H and O–H groups in total. The fraction of sp³-hybridized carbons (Fsp3) is 0.562. The standard InChI is InChI=1S/C16H21FO2/c1-11-4-3-7-16(9-11,15(18)19)10-13-5-6-14(17)8-12(13)2/h5-6,8,11H,3-4,7,9-10H2,1-2H3,(H,18,19). The van der Waals surface area contributed by atoms with Crippen molar-refractivity contribution in [1.82, 2.24) is 0 Å². The number of aliphatic carboxylic acids is 1. The first-order valence-corrected chi connectivity index (χ1v) is 6.91. The van der Waals surface area contributed by atoms with E-state index in [2.05, 4.69) is 6.92 Å². The summed E-state index contributed by atoms with van der Waals surface area (Å²) >= 11 is 0. The van der Waals surface area contributed by atoms with E-state index in [0.29, 0.717) is 12.3 Å². The van der Waals surface area contributed by atoms with E-state index >= 15 is 0 Å². The zero-order chi connectivity index (χ0) is 14.0. The van der Waals surface area contributed by atoms with Gasteiger partial charge in [-0.2, -0.15) is 0 Å². The second-order valence-electron chi connectivity index (χ2n) is 6.03. The van der Waals surface area contributed by atoms with Crippen LogP contribution in [0.3, 0.4) is 0 Å². The van der Waals surface area contributed by atoms with Gasteiger partial charge in [0.1, 0.15) is 5.82 Å². The van der Waals surface area contributed by atoms with Crippen LogP contribution in [0.5, 0.6) is 0 Å². The molecule has 1 aromatic carbocycles. The van der Waals surface area contributed by atoms with Crippen LogP contribution in [0.15, 0.2) is 18.2 Å². The van der Waals surface area contributed by atoms with Crippen LogP contribution < -0.4 is 0 Å². The molecule has 0 radical (unpaired) electrons. The topological polar surface area (TPSA) is 37.3 Å². The molecule has 1 saturated carbocycles. The molecule has 0 spiro atoms. The lowest BCUT2D eigenvalue weighted by Crippen LogP contribution is -2.38. The van der Waals surface area contributed by atoms with Gasteiger partial charge in [0, 0.05) is 0 Å². The number of hydrogen-bond donors (Lipinski definition) is 1. The smallest absolute Gasteiger partial charge is 0.309 e. The van der Waals surface area contributed by atoms with Crippen LogP contribution in [-0.2, 0) is 11.2 Å². The third-order valence-electron chi connectivity index (χ3n) is 4.38. The highest BCUT2D eigenvalue weighted by atomic mass is 19.1. The lowest BCUT2D eigenvalue weighted by Gasteiger charge is -2.37. The molecule has 2 atom stereocenters. The molecule has 0 aliphatic heterocycles. The second-order valence-corrected chi connectivity index (χ2v) is 6.03. The number of halogens is 1. The summed E-state index contributed by atoms with van der Waals surface area (Å²) in [7, 11) is 0. The van der Waals surface area contributed by atoms with Crippen LogP contribution in [0.1, 0.15) is 43.7 Å². The van der Waals surface area contributed by atoms with Crippen molar-refractivity contribution < 1.29 is 14.3 Å². The van der Waals surface area contributed by atoms with Crippen molar-refractivity contribution >= 4 is 5.97 Å². The Balaban J connectivity index is 2.28. The first-order valence-electron chi connectivity index (χ1n) is 6.91. The molecule has 2 nitrogen and oxygen atoms in total. The average Bonchev–Trinajstić information content (AvgIpc) is 2.33. The highest BCUT2D eigenvalue weighted by molar-refractivity contribution is 5.75. The summed E-state index contributed by atoms with van der Waals surface area (Å²) in [6, 6.07) is 4.63. The highest BCUT2D eigenvalue weighted by Gasteiger charge is 2.42. The van der Waals surface area contributed by atoms with Crippen molar-refractivity contribution in [3.8, 4) is 0 Å². The van der Waals surface area contributed by atoms with Gasteiger partial charge in [-0.05, 0) is 55.4 Å². The Kier molecular flexibility index (Phi) is 3.93. The van der Waals surface area contributed by atoms with Crippen molar-refractivity contribution in [1.29, 1.82) is 0 Å². The molecule has 1 aliphatic rings. The van der Waals surface area contributed by atoms with Crippen LogP contribution in [0.2, 0.25) is 0 Å². The molecule has 1 aliphatic carbocycles. The van der Waals surface area contributed by atoms with E-state index < -0.39 is 11.4 Å². The van der Waals surface area contributed by atoms with Crippen molar-refractivity contribution in [3.63, 3.8) is 0 Å². The molecule has 0 saturated heterocycles. The Hall–Kier alpha value is -1.38. The third kappa shape index (κ3) is 2.96. The van der Waals surface area contributed by atoms with Crippen LogP contribution in [0, 0.1) is 24.1 Å². The zero-order valence-electron chi connectivity index (χ0n) is 11.6. The SMILES string of the molecule is Cc1cc(F)ccc1CC1(C(=O)O)CCCC(C)C1. The van der Waals surface area contributed by atoms with E-state index in [1.54, 1.807) is 6.07 Å². The molecule has 2 unspecified atom stereocenters. The summed E-state index contributed by atoms with van der Waals surface area (Å²) in [6.45, 7) is 3.97. The monoisotopic (exact) mass is 264 g/mol. The molecule has 2 rings (SSSR count). The van der Waals surface area contributed by atoms with Gasteiger partial charge in [-0.25, -0.2) is 4.39 Å².